The number of ether oxygens (including phenoxy) is 2. The van der Waals surface area contributed by atoms with Gasteiger partial charge in [-0.05, 0) is 0 Å². The van der Waals surface area contributed by atoms with Crippen molar-refractivity contribution in [2.75, 3.05) is 40.5 Å². The predicted octanol–water partition coefficient (Wildman–Crippen LogP) is 0.225. The van der Waals surface area contributed by atoms with Gasteiger partial charge in [0.15, 0.2) is 0 Å². The summed E-state index contributed by atoms with van der Waals surface area (Å²) in [6.45, 7) is 4.85. The summed E-state index contributed by atoms with van der Waals surface area (Å²) in [6, 6.07) is 0. The lowest BCUT2D eigenvalue weighted by Crippen LogP contribution is -2.17. The Labute approximate surface area is 84.2 Å². The molecule has 0 N–H and O–H groups in total. The molecule has 0 fully saturated rings. The molecule has 0 aromatic carbocycles. The van der Waals surface area contributed by atoms with E-state index in [1.807, 2.05) is 0 Å². The highest BCUT2D eigenvalue weighted by molar-refractivity contribution is 5.81. The monoisotopic (exact) mass is 203 g/mol. The van der Waals surface area contributed by atoms with Crippen LogP contribution in [0.15, 0.2) is 12.7 Å². The second kappa shape index (κ2) is 8.68. The number of hydrogen-bond acceptors (Lipinski definition) is 5. The van der Waals surface area contributed by atoms with Crippen LogP contribution in [0.1, 0.15) is 0 Å². The van der Waals surface area contributed by atoms with E-state index in [0.717, 1.165) is 6.08 Å². The van der Waals surface area contributed by atoms with E-state index in [0.29, 0.717) is 19.8 Å². The molecule has 5 nitrogen and oxygen atoms in total. The van der Waals surface area contributed by atoms with E-state index in [1.165, 1.54) is 0 Å². The molecular formula is C9H17NO4. The minimum absolute atomic E-state index is 0.243. The molecule has 0 saturated carbocycles. The number of hydroxylamine groups is 2. The summed E-state index contributed by atoms with van der Waals surface area (Å²) < 4.78 is 9.80. The molecular weight excluding hydrogens is 186 g/mol. The number of carbonyl (C=O) groups is 1. The maximum Gasteiger partial charge on any atom is 0.330 e. The molecule has 0 atom stereocenters. The normalized spacial score (nSPS) is 10.2. The van der Waals surface area contributed by atoms with Gasteiger partial charge in [-0.3, -0.25) is 4.84 Å². The van der Waals surface area contributed by atoms with E-state index in [4.69, 9.17) is 9.57 Å². The van der Waals surface area contributed by atoms with Crippen LogP contribution in [0.3, 0.4) is 0 Å². The van der Waals surface area contributed by atoms with Gasteiger partial charge in [-0.25, -0.2) is 4.79 Å². The van der Waals surface area contributed by atoms with Crippen LogP contribution >= 0.6 is 0 Å². The van der Waals surface area contributed by atoms with Crippen LogP contribution in [0.4, 0.5) is 0 Å². The number of nitrogens with zero attached hydrogens (tertiary/aromatic N) is 1. The molecule has 0 aliphatic rings. The van der Waals surface area contributed by atoms with Crippen LogP contribution in [-0.4, -0.2) is 51.6 Å². The Hall–Kier alpha value is -0.910. The number of esters is 1. The van der Waals surface area contributed by atoms with Gasteiger partial charge in [0.2, 0.25) is 0 Å². The topological polar surface area (TPSA) is 48.0 Å². The van der Waals surface area contributed by atoms with Gasteiger partial charge in [-0.15, -0.1) is 0 Å². The first-order chi connectivity index (χ1) is 6.66. The minimum Gasteiger partial charge on any atom is -0.460 e. The Morgan fingerprint density at radius 1 is 1.29 bits per heavy atom. The number of carbonyl (C=O) groups excluding carboxylic acids is 1. The number of hydrogen-bond donors (Lipinski definition) is 0. The molecule has 5 heteroatoms. The first-order valence-corrected chi connectivity index (χ1v) is 4.34. The van der Waals surface area contributed by atoms with Crippen LogP contribution in [-0.2, 0) is 19.1 Å². The van der Waals surface area contributed by atoms with Gasteiger partial charge in [0.1, 0.15) is 6.61 Å². The second-order valence-electron chi connectivity index (χ2n) is 2.63. The summed E-state index contributed by atoms with van der Waals surface area (Å²) in [4.78, 5) is 15.6. The number of rotatable bonds is 8. The molecule has 0 saturated heterocycles. The molecule has 0 bridgehead atoms. The van der Waals surface area contributed by atoms with E-state index < -0.39 is 5.97 Å². The lowest BCUT2D eigenvalue weighted by atomic mass is 10.6. The fraction of sp³-hybridized carbons (Fsp3) is 0.667. The van der Waals surface area contributed by atoms with Crippen molar-refractivity contribution >= 4 is 5.97 Å². The first-order valence-electron chi connectivity index (χ1n) is 4.34. The van der Waals surface area contributed by atoms with Gasteiger partial charge in [0.25, 0.3) is 0 Å². The maximum absolute atomic E-state index is 10.6. The highest BCUT2D eigenvalue weighted by Gasteiger charge is 1.95. The van der Waals surface area contributed by atoms with E-state index in [1.54, 1.807) is 19.2 Å². The summed E-state index contributed by atoms with van der Waals surface area (Å²) >= 11 is 0. The molecule has 0 radical (unpaired) electrons. The zero-order valence-electron chi connectivity index (χ0n) is 8.69. The van der Waals surface area contributed by atoms with Crippen LogP contribution in [0.2, 0.25) is 0 Å². The summed E-state index contributed by atoms with van der Waals surface area (Å²) in [5.74, 6) is -0.432. The molecule has 0 heterocycles. The minimum atomic E-state index is -0.432. The van der Waals surface area contributed by atoms with Crippen LogP contribution in [0.5, 0.6) is 0 Å². The quantitative estimate of drug-likeness (QED) is 0.244. The van der Waals surface area contributed by atoms with Crippen molar-refractivity contribution < 1.29 is 19.1 Å². The van der Waals surface area contributed by atoms with Gasteiger partial charge in [0, 0.05) is 20.2 Å². The molecule has 0 aromatic rings. The Kier molecular flexibility index (Phi) is 8.11. The molecule has 0 spiro atoms. The summed E-state index contributed by atoms with van der Waals surface area (Å²) in [5, 5.41) is 1.60. The molecule has 82 valence electrons. The average Bonchev–Trinajstić information content (AvgIpc) is 2.15. The Morgan fingerprint density at radius 2 is 1.93 bits per heavy atom. The van der Waals surface area contributed by atoms with Crippen molar-refractivity contribution in [1.82, 2.24) is 5.06 Å². The SMILES string of the molecule is C=CC(=O)OCCOCCON(C)C. The third kappa shape index (κ3) is 9.18. The molecule has 0 aromatic heterocycles. The zero-order chi connectivity index (χ0) is 10.8. The van der Waals surface area contributed by atoms with Gasteiger partial charge in [-0.1, -0.05) is 6.58 Å². The standard InChI is InChI=1S/C9H17NO4/c1-4-9(11)13-7-5-12-6-8-14-10(2)3/h4H,1,5-8H2,2-3H3. The van der Waals surface area contributed by atoms with Gasteiger partial charge < -0.3 is 9.47 Å². The van der Waals surface area contributed by atoms with E-state index in [2.05, 4.69) is 11.3 Å². The maximum atomic E-state index is 10.6. The van der Waals surface area contributed by atoms with Gasteiger partial charge >= 0.3 is 5.97 Å². The molecule has 0 aliphatic heterocycles. The van der Waals surface area contributed by atoms with Crippen molar-refractivity contribution in [2.24, 2.45) is 0 Å². The van der Waals surface area contributed by atoms with Crippen molar-refractivity contribution in [1.29, 1.82) is 0 Å². The van der Waals surface area contributed by atoms with Gasteiger partial charge in [-0.2, -0.15) is 5.06 Å². The fourth-order valence-electron chi connectivity index (χ4n) is 0.641. The highest BCUT2D eigenvalue weighted by atomic mass is 16.7. The van der Waals surface area contributed by atoms with Crippen LogP contribution < -0.4 is 0 Å². The summed E-state index contributed by atoms with van der Waals surface area (Å²) in [7, 11) is 3.59. The van der Waals surface area contributed by atoms with Crippen molar-refractivity contribution in [2.45, 2.75) is 0 Å². The highest BCUT2D eigenvalue weighted by Crippen LogP contribution is 1.83. The Bertz CT molecular complexity index is 170. The van der Waals surface area contributed by atoms with Crippen LogP contribution in [0.25, 0.3) is 0 Å². The van der Waals surface area contributed by atoms with Crippen molar-refractivity contribution in [3.63, 3.8) is 0 Å². The summed E-state index contributed by atoms with van der Waals surface area (Å²) in [5.41, 5.74) is 0. The zero-order valence-corrected chi connectivity index (χ0v) is 8.69. The third-order valence-corrected chi connectivity index (χ3v) is 1.22. The second-order valence-corrected chi connectivity index (χ2v) is 2.63. The first kappa shape index (κ1) is 13.1. The molecule has 14 heavy (non-hydrogen) atoms. The van der Waals surface area contributed by atoms with Gasteiger partial charge in [0.05, 0.1) is 19.8 Å². The summed E-state index contributed by atoms with van der Waals surface area (Å²) in [6.07, 6.45) is 1.12. The third-order valence-electron chi connectivity index (χ3n) is 1.22. The van der Waals surface area contributed by atoms with Crippen molar-refractivity contribution in [3.8, 4) is 0 Å². The predicted molar refractivity (Wildman–Crippen MR) is 51.6 cm³/mol. The lowest BCUT2D eigenvalue weighted by molar-refractivity contribution is -0.143. The fourth-order valence-corrected chi connectivity index (χ4v) is 0.641. The Morgan fingerprint density at radius 3 is 2.50 bits per heavy atom. The molecule has 0 aliphatic carbocycles. The largest absolute Gasteiger partial charge is 0.460 e. The van der Waals surface area contributed by atoms with E-state index >= 15 is 0 Å². The molecule has 0 rings (SSSR count). The van der Waals surface area contributed by atoms with Crippen molar-refractivity contribution in [3.05, 3.63) is 12.7 Å². The molecule has 0 unspecified atom stereocenters. The molecule has 0 amide bonds. The van der Waals surface area contributed by atoms with E-state index in [9.17, 15) is 4.79 Å². The average molecular weight is 203 g/mol. The smallest absolute Gasteiger partial charge is 0.330 e. The van der Waals surface area contributed by atoms with Crippen LogP contribution in [0, 0.1) is 0 Å². The van der Waals surface area contributed by atoms with E-state index in [-0.39, 0.29) is 6.61 Å². The lowest BCUT2D eigenvalue weighted by Gasteiger charge is -2.10. The Balaban J connectivity index is 3.06.